The second kappa shape index (κ2) is 5.90. The van der Waals surface area contributed by atoms with Crippen molar-refractivity contribution in [1.82, 2.24) is 0 Å². The van der Waals surface area contributed by atoms with Gasteiger partial charge in [-0.3, -0.25) is 10.1 Å². The predicted octanol–water partition coefficient (Wildman–Crippen LogP) is 5.84. The highest BCUT2D eigenvalue weighted by atomic mass is 79.9. The molecule has 1 aliphatic heterocycles. The van der Waals surface area contributed by atoms with E-state index in [9.17, 15) is 10.1 Å². The number of allylic oxidation sites excluding steroid dienone is 2. The van der Waals surface area contributed by atoms with Gasteiger partial charge in [-0.1, -0.05) is 51.8 Å². The Kier molecular flexibility index (Phi) is 3.85. The molecule has 4 nitrogen and oxygen atoms in total. The van der Waals surface area contributed by atoms with E-state index in [1.54, 1.807) is 6.07 Å². The number of nitro benzene ring substituents is 1. The second-order valence-electron chi connectivity index (χ2n) is 6.14. The van der Waals surface area contributed by atoms with Crippen molar-refractivity contribution < 1.29 is 4.92 Å². The van der Waals surface area contributed by atoms with Gasteiger partial charge in [-0.2, -0.15) is 0 Å². The number of hydrogen-bond acceptors (Lipinski definition) is 3. The Morgan fingerprint density at radius 2 is 1.96 bits per heavy atom. The van der Waals surface area contributed by atoms with Crippen LogP contribution in [0.5, 0.6) is 0 Å². The van der Waals surface area contributed by atoms with Crippen LogP contribution in [0.3, 0.4) is 0 Å². The number of fused-ring (bicyclic) bond motifs is 3. The Balaban J connectivity index is 1.86. The second-order valence-corrected chi connectivity index (χ2v) is 7.46. The number of hydrogen-bond donors (Lipinski definition) is 1. The van der Waals surface area contributed by atoms with E-state index in [1.807, 2.05) is 12.1 Å². The molecule has 24 heavy (non-hydrogen) atoms. The van der Waals surface area contributed by atoms with Crippen LogP contribution in [0.2, 0.25) is 5.02 Å². The maximum atomic E-state index is 11.5. The van der Waals surface area contributed by atoms with E-state index in [1.165, 1.54) is 6.07 Å². The molecule has 0 radical (unpaired) electrons. The van der Waals surface area contributed by atoms with Crippen LogP contribution >= 0.6 is 27.5 Å². The fourth-order valence-corrected chi connectivity index (χ4v) is 4.30. The van der Waals surface area contributed by atoms with Crippen molar-refractivity contribution in [3.63, 3.8) is 0 Å². The minimum absolute atomic E-state index is 0.00833. The molecular weight excluding hydrogens is 392 g/mol. The van der Waals surface area contributed by atoms with Gasteiger partial charge in [-0.25, -0.2) is 0 Å². The number of nitrogens with zero attached hydrogens (tertiary/aromatic N) is 1. The zero-order chi connectivity index (χ0) is 16.8. The fourth-order valence-electron chi connectivity index (χ4n) is 3.81. The molecule has 3 atom stereocenters. The molecule has 0 saturated heterocycles. The maximum Gasteiger partial charge on any atom is 0.275 e. The molecule has 122 valence electrons. The Bertz CT molecular complexity index is 851. The molecule has 1 heterocycles. The normalized spacial score (nSPS) is 24.2. The SMILES string of the molecule is O=[N+]([O-])c1ccc(Cl)c2c1[C@@H]1C=CC[C@H]1[C@@H](c1ccc(Br)cc1)N2. The average molecular weight is 406 g/mol. The lowest BCUT2D eigenvalue weighted by Gasteiger charge is -2.37. The lowest BCUT2D eigenvalue weighted by atomic mass is 9.76. The Morgan fingerprint density at radius 3 is 2.67 bits per heavy atom. The first-order valence-electron chi connectivity index (χ1n) is 7.71. The van der Waals surface area contributed by atoms with Gasteiger partial charge in [-0.05, 0) is 36.1 Å². The number of anilines is 1. The van der Waals surface area contributed by atoms with E-state index in [4.69, 9.17) is 11.6 Å². The Morgan fingerprint density at radius 1 is 1.21 bits per heavy atom. The van der Waals surface area contributed by atoms with Gasteiger partial charge in [0.15, 0.2) is 0 Å². The van der Waals surface area contributed by atoms with E-state index in [2.05, 4.69) is 45.5 Å². The van der Waals surface area contributed by atoms with Crippen LogP contribution in [0.25, 0.3) is 0 Å². The summed E-state index contributed by atoms with van der Waals surface area (Å²) in [4.78, 5) is 11.1. The number of halogens is 2. The molecule has 6 heteroatoms. The van der Waals surface area contributed by atoms with Gasteiger partial charge < -0.3 is 5.32 Å². The van der Waals surface area contributed by atoms with Crippen molar-refractivity contribution in [2.75, 3.05) is 5.32 Å². The first kappa shape index (κ1) is 15.7. The van der Waals surface area contributed by atoms with E-state index in [0.29, 0.717) is 16.3 Å². The van der Waals surface area contributed by atoms with Crippen LogP contribution in [0.4, 0.5) is 11.4 Å². The van der Waals surface area contributed by atoms with E-state index in [0.717, 1.165) is 16.5 Å². The summed E-state index contributed by atoms with van der Waals surface area (Å²) < 4.78 is 1.03. The molecule has 0 bridgehead atoms. The highest BCUT2D eigenvalue weighted by Crippen LogP contribution is 2.54. The molecule has 0 amide bonds. The molecule has 1 N–H and O–H groups in total. The molecular formula is C18H14BrClN2O2. The molecule has 4 rings (SSSR count). The zero-order valence-electron chi connectivity index (χ0n) is 12.6. The zero-order valence-corrected chi connectivity index (χ0v) is 14.9. The fraction of sp³-hybridized carbons (Fsp3) is 0.222. The van der Waals surface area contributed by atoms with Gasteiger partial charge >= 0.3 is 0 Å². The van der Waals surface area contributed by atoms with Crippen molar-refractivity contribution >= 4 is 38.9 Å². The average Bonchev–Trinajstić information content (AvgIpc) is 3.05. The largest absolute Gasteiger partial charge is 0.376 e. The standard InChI is InChI=1S/C18H14BrClN2O2/c19-11-6-4-10(5-7-11)17-13-3-1-2-12(13)16-15(22(23)24)9-8-14(20)18(16)21-17/h1-2,4-9,12-13,17,21H,3H2/t12-,13-,17-/m1/s1. The number of rotatable bonds is 2. The van der Waals surface area contributed by atoms with Crippen LogP contribution in [0.15, 0.2) is 53.0 Å². The number of nitrogens with one attached hydrogen (secondary N) is 1. The summed E-state index contributed by atoms with van der Waals surface area (Å²) in [6.45, 7) is 0. The third kappa shape index (κ3) is 2.43. The van der Waals surface area contributed by atoms with Crippen LogP contribution in [0.1, 0.15) is 29.5 Å². The molecule has 0 saturated carbocycles. The first-order chi connectivity index (χ1) is 11.6. The van der Waals surface area contributed by atoms with Crippen LogP contribution in [0, 0.1) is 16.0 Å². The minimum Gasteiger partial charge on any atom is -0.376 e. The molecule has 2 aromatic carbocycles. The topological polar surface area (TPSA) is 55.2 Å². The first-order valence-corrected chi connectivity index (χ1v) is 8.89. The van der Waals surface area contributed by atoms with Gasteiger partial charge in [0.1, 0.15) is 0 Å². The molecule has 0 fully saturated rings. The van der Waals surface area contributed by atoms with Gasteiger partial charge in [0.05, 0.1) is 27.2 Å². The lowest BCUT2D eigenvalue weighted by Crippen LogP contribution is -2.29. The third-order valence-corrected chi connectivity index (χ3v) is 5.72. The van der Waals surface area contributed by atoms with Crippen molar-refractivity contribution in [2.45, 2.75) is 18.4 Å². The summed E-state index contributed by atoms with van der Waals surface area (Å²) in [5, 5.41) is 15.5. The molecule has 0 unspecified atom stereocenters. The quantitative estimate of drug-likeness (QED) is 0.388. The summed E-state index contributed by atoms with van der Waals surface area (Å²) in [7, 11) is 0. The Hall–Kier alpha value is -1.85. The summed E-state index contributed by atoms with van der Waals surface area (Å²) in [5.74, 6) is 0.254. The predicted molar refractivity (Wildman–Crippen MR) is 98.6 cm³/mol. The van der Waals surface area contributed by atoms with Crippen molar-refractivity contribution in [2.24, 2.45) is 5.92 Å². The van der Waals surface area contributed by atoms with Crippen molar-refractivity contribution in [3.8, 4) is 0 Å². The lowest BCUT2D eigenvalue weighted by molar-refractivity contribution is -0.385. The highest BCUT2D eigenvalue weighted by Gasteiger charge is 2.42. The monoisotopic (exact) mass is 404 g/mol. The molecule has 2 aromatic rings. The van der Waals surface area contributed by atoms with Crippen molar-refractivity contribution in [3.05, 3.63) is 79.3 Å². The Labute approximate surface area is 152 Å². The van der Waals surface area contributed by atoms with Gasteiger partial charge in [0.2, 0.25) is 0 Å². The number of benzene rings is 2. The summed E-state index contributed by atoms with van der Waals surface area (Å²) >= 11 is 9.83. The summed E-state index contributed by atoms with van der Waals surface area (Å²) in [5.41, 5.74) is 2.69. The summed E-state index contributed by atoms with van der Waals surface area (Å²) in [6, 6.07) is 11.4. The minimum atomic E-state index is -0.319. The van der Waals surface area contributed by atoms with Crippen LogP contribution < -0.4 is 5.32 Å². The maximum absolute atomic E-state index is 11.5. The number of nitro groups is 1. The van der Waals surface area contributed by atoms with Gasteiger partial charge in [0.25, 0.3) is 5.69 Å². The third-order valence-electron chi connectivity index (χ3n) is 4.87. The van der Waals surface area contributed by atoms with E-state index >= 15 is 0 Å². The molecule has 0 aromatic heterocycles. The smallest absolute Gasteiger partial charge is 0.275 e. The molecule has 0 spiro atoms. The summed E-state index contributed by atoms with van der Waals surface area (Å²) in [6.07, 6.45) is 5.09. The highest BCUT2D eigenvalue weighted by molar-refractivity contribution is 9.10. The van der Waals surface area contributed by atoms with Crippen molar-refractivity contribution in [1.29, 1.82) is 0 Å². The van der Waals surface area contributed by atoms with Gasteiger partial charge in [-0.15, -0.1) is 0 Å². The van der Waals surface area contributed by atoms with Gasteiger partial charge in [0, 0.05) is 16.5 Å². The molecule has 2 aliphatic rings. The van der Waals surface area contributed by atoms with E-state index in [-0.39, 0.29) is 28.5 Å². The molecule has 1 aliphatic carbocycles. The van der Waals surface area contributed by atoms with Crippen LogP contribution in [-0.4, -0.2) is 4.92 Å². The van der Waals surface area contributed by atoms with Crippen LogP contribution in [-0.2, 0) is 0 Å². The van der Waals surface area contributed by atoms with E-state index < -0.39 is 0 Å².